The van der Waals surface area contributed by atoms with E-state index in [0.29, 0.717) is 17.9 Å². The lowest BCUT2D eigenvalue weighted by Gasteiger charge is -2.28. The zero-order valence-corrected chi connectivity index (χ0v) is 14.9. The van der Waals surface area contributed by atoms with E-state index in [1.807, 2.05) is 6.92 Å². The van der Waals surface area contributed by atoms with Gasteiger partial charge in [0.05, 0.1) is 5.75 Å². The lowest BCUT2D eigenvalue weighted by Crippen LogP contribution is -2.42. The number of aromatic amines is 1. The van der Waals surface area contributed by atoms with E-state index in [0.717, 1.165) is 5.56 Å². The largest absolute Gasteiger partial charge is 0.335 e. The van der Waals surface area contributed by atoms with Crippen LogP contribution in [-0.4, -0.2) is 58.5 Å². The van der Waals surface area contributed by atoms with Crippen molar-refractivity contribution in [3.63, 3.8) is 0 Å². The van der Waals surface area contributed by atoms with Crippen molar-refractivity contribution in [3.05, 3.63) is 36.2 Å². The third-order valence-electron chi connectivity index (χ3n) is 3.89. The van der Waals surface area contributed by atoms with Crippen LogP contribution in [0, 0.1) is 0 Å². The number of benzene rings is 1. The van der Waals surface area contributed by atoms with Crippen LogP contribution < -0.4 is 0 Å². The summed E-state index contributed by atoms with van der Waals surface area (Å²) in [6, 6.07) is 6.62. The van der Waals surface area contributed by atoms with Crippen LogP contribution in [0.1, 0.15) is 31.1 Å². The molecule has 1 aromatic carbocycles. The first-order valence-corrected chi connectivity index (χ1v) is 9.67. The molecule has 0 aliphatic heterocycles. The van der Waals surface area contributed by atoms with Gasteiger partial charge in [0.25, 0.3) is 5.91 Å². The Morgan fingerprint density at radius 2 is 1.92 bits per heavy atom. The molecule has 8 heteroatoms. The van der Waals surface area contributed by atoms with E-state index in [-0.39, 0.29) is 23.5 Å². The van der Waals surface area contributed by atoms with Gasteiger partial charge in [-0.25, -0.2) is 13.4 Å². The summed E-state index contributed by atoms with van der Waals surface area (Å²) in [5, 5.41) is 6.56. The van der Waals surface area contributed by atoms with Crippen LogP contribution in [0.25, 0.3) is 11.4 Å². The van der Waals surface area contributed by atoms with Crippen molar-refractivity contribution in [1.82, 2.24) is 20.1 Å². The Labute approximate surface area is 142 Å². The third-order valence-corrected chi connectivity index (χ3v) is 5.76. The average molecular weight is 350 g/mol. The van der Waals surface area contributed by atoms with Crippen LogP contribution in [0.4, 0.5) is 0 Å². The molecular formula is C16H22N4O3S. The van der Waals surface area contributed by atoms with Crippen LogP contribution >= 0.6 is 0 Å². The predicted molar refractivity (Wildman–Crippen MR) is 92.3 cm³/mol. The normalized spacial score (nSPS) is 12.8. The second kappa shape index (κ2) is 7.57. The van der Waals surface area contributed by atoms with Crippen molar-refractivity contribution in [2.45, 2.75) is 26.8 Å². The standard InChI is InChI=1S/C16H22N4O3S/c1-4-20(12(3)10-24(22,23)5-2)16(21)14-8-6-13(7-9-14)15-17-11-18-19-15/h6-9,11-12H,4-5,10H2,1-3H3,(H,17,18,19). The Hall–Kier alpha value is -2.22. The van der Waals surface area contributed by atoms with Crippen molar-refractivity contribution in [2.24, 2.45) is 0 Å². The zero-order chi connectivity index (χ0) is 17.7. The predicted octanol–water partition coefficient (Wildman–Crippen LogP) is 1.76. The maximum absolute atomic E-state index is 12.7. The van der Waals surface area contributed by atoms with Crippen molar-refractivity contribution in [3.8, 4) is 11.4 Å². The number of sulfone groups is 1. The Bertz CT molecular complexity index is 770. The molecule has 0 saturated heterocycles. The molecule has 0 radical (unpaired) electrons. The number of carbonyl (C=O) groups excluding carboxylic acids is 1. The number of aromatic nitrogens is 3. The van der Waals surface area contributed by atoms with Gasteiger partial charge < -0.3 is 4.90 Å². The number of nitrogens with zero attached hydrogens (tertiary/aromatic N) is 3. The van der Waals surface area contributed by atoms with E-state index in [4.69, 9.17) is 0 Å². The molecule has 1 N–H and O–H groups in total. The summed E-state index contributed by atoms with van der Waals surface area (Å²) in [6.07, 6.45) is 1.42. The lowest BCUT2D eigenvalue weighted by atomic mass is 10.1. The SMILES string of the molecule is CCN(C(=O)c1ccc(-c2ncn[nH]2)cc1)C(C)CS(=O)(=O)CC. The Morgan fingerprint density at radius 1 is 1.25 bits per heavy atom. The molecule has 0 aliphatic carbocycles. The first kappa shape index (κ1) is 18.1. The highest BCUT2D eigenvalue weighted by molar-refractivity contribution is 7.91. The van der Waals surface area contributed by atoms with Crippen molar-refractivity contribution >= 4 is 15.7 Å². The fourth-order valence-electron chi connectivity index (χ4n) is 2.51. The van der Waals surface area contributed by atoms with E-state index in [1.54, 1.807) is 43.0 Å². The summed E-state index contributed by atoms with van der Waals surface area (Å²) < 4.78 is 23.6. The highest BCUT2D eigenvalue weighted by Gasteiger charge is 2.24. The van der Waals surface area contributed by atoms with Crippen LogP contribution in [0.15, 0.2) is 30.6 Å². The van der Waals surface area contributed by atoms with E-state index in [9.17, 15) is 13.2 Å². The van der Waals surface area contributed by atoms with Crippen LogP contribution in [-0.2, 0) is 9.84 Å². The van der Waals surface area contributed by atoms with E-state index in [2.05, 4.69) is 15.2 Å². The topological polar surface area (TPSA) is 96.0 Å². The van der Waals surface area contributed by atoms with Gasteiger partial charge in [-0.2, -0.15) is 5.10 Å². The summed E-state index contributed by atoms with van der Waals surface area (Å²) in [7, 11) is -3.14. The van der Waals surface area contributed by atoms with Gasteiger partial charge in [-0.1, -0.05) is 19.1 Å². The quantitative estimate of drug-likeness (QED) is 0.821. The minimum Gasteiger partial charge on any atom is -0.335 e. The van der Waals surface area contributed by atoms with E-state index < -0.39 is 9.84 Å². The Balaban J connectivity index is 2.16. The summed E-state index contributed by atoms with van der Waals surface area (Å²) >= 11 is 0. The molecule has 130 valence electrons. The molecule has 7 nitrogen and oxygen atoms in total. The van der Waals surface area contributed by atoms with Gasteiger partial charge in [0, 0.05) is 29.5 Å². The molecule has 1 heterocycles. The average Bonchev–Trinajstić information content (AvgIpc) is 3.09. The Morgan fingerprint density at radius 3 is 2.42 bits per heavy atom. The fraction of sp³-hybridized carbons (Fsp3) is 0.438. The highest BCUT2D eigenvalue weighted by atomic mass is 32.2. The molecule has 1 unspecified atom stereocenters. The summed E-state index contributed by atoms with van der Waals surface area (Å²) in [4.78, 5) is 18.3. The van der Waals surface area contributed by atoms with Crippen molar-refractivity contribution in [2.75, 3.05) is 18.1 Å². The van der Waals surface area contributed by atoms with Gasteiger partial charge in [0.15, 0.2) is 15.7 Å². The molecule has 24 heavy (non-hydrogen) atoms. The van der Waals surface area contributed by atoms with Gasteiger partial charge in [0.1, 0.15) is 6.33 Å². The van der Waals surface area contributed by atoms with E-state index in [1.165, 1.54) is 6.33 Å². The monoisotopic (exact) mass is 350 g/mol. The first-order valence-electron chi connectivity index (χ1n) is 7.85. The van der Waals surface area contributed by atoms with Gasteiger partial charge >= 0.3 is 0 Å². The fourth-order valence-corrected chi connectivity index (χ4v) is 3.66. The number of carbonyl (C=O) groups is 1. The van der Waals surface area contributed by atoms with Crippen LogP contribution in [0.5, 0.6) is 0 Å². The maximum Gasteiger partial charge on any atom is 0.254 e. The molecule has 1 amide bonds. The summed E-state index contributed by atoms with van der Waals surface area (Å²) in [5.41, 5.74) is 1.34. The molecule has 0 saturated carbocycles. The molecule has 0 bridgehead atoms. The van der Waals surface area contributed by atoms with Crippen LogP contribution in [0.3, 0.4) is 0 Å². The number of rotatable bonds is 7. The summed E-state index contributed by atoms with van der Waals surface area (Å²) in [5.74, 6) is 0.498. The summed E-state index contributed by atoms with van der Waals surface area (Å²) in [6.45, 7) is 5.67. The molecular weight excluding hydrogens is 328 g/mol. The molecule has 0 fully saturated rings. The number of hydrogen-bond donors (Lipinski definition) is 1. The zero-order valence-electron chi connectivity index (χ0n) is 14.1. The Kier molecular flexibility index (Phi) is 5.71. The van der Waals surface area contributed by atoms with Crippen LogP contribution in [0.2, 0.25) is 0 Å². The van der Waals surface area contributed by atoms with Crippen molar-refractivity contribution in [1.29, 1.82) is 0 Å². The number of H-pyrrole nitrogens is 1. The van der Waals surface area contributed by atoms with Crippen molar-refractivity contribution < 1.29 is 13.2 Å². The molecule has 2 rings (SSSR count). The molecule has 2 aromatic rings. The third kappa shape index (κ3) is 4.19. The molecule has 0 aliphatic rings. The number of nitrogens with one attached hydrogen (secondary N) is 1. The highest BCUT2D eigenvalue weighted by Crippen LogP contribution is 2.17. The molecule has 0 spiro atoms. The number of amides is 1. The first-order chi connectivity index (χ1) is 11.4. The van der Waals surface area contributed by atoms with Gasteiger partial charge in [-0.15, -0.1) is 0 Å². The molecule has 1 aromatic heterocycles. The minimum absolute atomic E-state index is 0.0285. The van der Waals surface area contributed by atoms with Gasteiger partial charge in [0.2, 0.25) is 0 Å². The maximum atomic E-state index is 12.7. The smallest absolute Gasteiger partial charge is 0.254 e. The lowest BCUT2D eigenvalue weighted by molar-refractivity contribution is 0.0719. The second-order valence-corrected chi connectivity index (χ2v) is 7.95. The van der Waals surface area contributed by atoms with Gasteiger partial charge in [-0.3, -0.25) is 9.89 Å². The second-order valence-electron chi connectivity index (χ2n) is 5.55. The minimum atomic E-state index is -3.14. The van der Waals surface area contributed by atoms with E-state index >= 15 is 0 Å². The van der Waals surface area contributed by atoms with Gasteiger partial charge in [-0.05, 0) is 26.0 Å². The number of hydrogen-bond acceptors (Lipinski definition) is 5. The molecule has 1 atom stereocenters.